The SMILES string of the molecule is C=C1N(COC(=O)C(C)C(C)C)C(=O)C=CN1[C@@H]1O[C@](CF)(COP(=O)(OCOC(=O)C(C)C)OCOC(=O)C(C)C)[C@@H](O)[C@@]1(C)O. The van der Waals surface area contributed by atoms with Crippen molar-refractivity contribution in [3.05, 3.63) is 24.7 Å². The van der Waals surface area contributed by atoms with Crippen LogP contribution in [0.15, 0.2) is 24.7 Å². The fraction of sp³-hybridized carbons (Fsp3) is 0.724. The molecular weight excluding hydrogens is 650 g/mol. The smallest absolute Gasteiger partial charge is 0.444 e. The number of rotatable bonds is 17. The second-order valence-electron chi connectivity index (χ2n) is 12.3. The van der Waals surface area contributed by atoms with Crippen molar-refractivity contribution in [1.29, 1.82) is 0 Å². The highest BCUT2D eigenvalue weighted by Gasteiger charge is 2.64. The summed E-state index contributed by atoms with van der Waals surface area (Å²) in [7, 11) is -4.83. The Morgan fingerprint density at radius 1 is 1.00 bits per heavy atom. The number of aliphatic hydroxyl groups is 2. The first-order chi connectivity index (χ1) is 21.7. The Bertz CT molecular complexity index is 1210. The van der Waals surface area contributed by atoms with Crippen molar-refractivity contribution < 1.29 is 70.9 Å². The Labute approximate surface area is 273 Å². The fourth-order valence-corrected chi connectivity index (χ4v) is 5.03. The van der Waals surface area contributed by atoms with Crippen molar-refractivity contribution in [2.45, 2.75) is 78.9 Å². The van der Waals surface area contributed by atoms with Gasteiger partial charge in [0, 0.05) is 12.3 Å². The third-order valence-electron chi connectivity index (χ3n) is 7.57. The van der Waals surface area contributed by atoms with Gasteiger partial charge < -0.3 is 34.1 Å². The lowest BCUT2D eigenvalue weighted by molar-refractivity contribution is -0.167. The van der Waals surface area contributed by atoms with Crippen LogP contribution in [0.25, 0.3) is 0 Å². The average molecular weight is 697 g/mol. The Morgan fingerprint density at radius 2 is 1.53 bits per heavy atom. The van der Waals surface area contributed by atoms with Crippen LogP contribution in [-0.2, 0) is 56.3 Å². The van der Waals surface area contributed by atoms with Crippen LogP contribution in [0.2, 0.25) is 0 Å². The minimum Gasteiger partial charge on any atom is -0.444 e. The number of hydrogen-bond donors (Lipinski definition) is 2. The van der Waals surface area contributed by atoms with Gasteiger partial charge in [-0.2, -0.15) is 0 Å². The van der Waals surface area contributed by atoms with Gasteiger partial charge in [-0.3, -0.25) is 28.6 Å². The lowest BCUT2D eigenvalue weighted by Crippen LogP contribution is -2.56. The Hall–Kier alpha value is -2.92. The third-order valence-corrected chi connectivity index (χ3v) is 8.86. The quantitative estimate of drug-likeness (QED) is 0.0973. The molecule has 2 N–H and O–H groups in total. The van der Waals surface area contributed by atoms with E-state index >= 15 is 0 Å². The van der Waals surface area contributed by atoms with Crippen LogP contribution in [0.3, 0.4) is 0 Å². The number of esters is 3. The lowest BCUT2D eigenvalue weighted by atomic mass is 9.88. The molecule has 2 rings (SSSR count). The van der Waals surface area contributed by atoms with Crippen LogP contribution in [-0.4, -0.2) is 101 Å². The molecular formula is C29H46FN2O14P. The molecule has 47 heavy (non-hydrogen) atoms. The van der Waals surface area contributed by atoms with E-state index in [4.69, 9.17) is 32.5 Å². The minimum absolute atomic E-state index is 0.0325. The summed E-state index contributed by atoms with van der Waals surface area (Å²) in [6.45, 7) is 11.4. The van der Waals surface area contributed by atoms with E-state index in [1.165, 1.54) is 33.9 Å². The van der Waals surface area contributed by atoms with Crippen LogP contribution < -0.4 is 0 Å². The van der Waals surface area contributed by atoms with E-state index in [2.05, 4.69) is 6.58 Å². The molecule has 2 heterocycles. The maximum atomic E-state index is 14.8. The monoisotopic (exact) mass is 696 g/mol. The zero-order valence-electron chi connectivity index (χ0n) is 27.9. The number of aliphatic hydroxyl groups excluding tert-OH is 1. The molecule has 0 aromatic rings. The second-order valence-corrected chi connectivity index (χ2v) is 13.9. The normalized spacial score (nSPS) is 25.6. The number of halogens is 1. The van der Waals surface area contributed by atoms with Gasteiger partial charge in [-0.15, -0.1) is 0 Å². The molecule has 0 spiro atoms. The van der Waals surface area contributed by atoms with Crippen molar-refractivity contribution in [3.63, 3.8) is 0 Å². The molecule has 16 nitrogen and oxygen atoms in total. The van der Waals surface area contributed by atoms with Gasteiger partial charge >= 0.3 is 25.7 Å². The van der Waals surface area contributed by atoms with E-state index < -0.39 is 107 Å². The summed E-state index contributed by atoms with van der Waals surface area (Å²) in [6, 6.07) is 0. The number of phosphoric ester groups is 1. The first kappa shape index (κ1) is 40.3. The van der Waals surface area contributed by atoms with Crippen LogP contribution in [0, 0.1) is 23.7 Å². The maximum absolute atomic E-state index is 14.8. The van der Waals surface area contributed by atoms with Gasteiger partial charge in [0.25, 0.3) is 5.91 Å². The van der Waals surface area contributed by atoms with Gasteiger partial charge in [0.15, 0.2) is 18.6 Å². The van der Waals surface area contributed by atoms with E-state index in [1.807, 2.05) is 13.8 Å². The van der Waals surface area contributed by atoms with Crippen LogP contribution >= 0.6 is 7.82 Å². The summed E-state index contributed by atoms with van der Waals surface area (Å²) < 4.78 is 64.3. The molecule has 2 aliphatic heterocycles. The van der Waals surface area contributed by atoms with E-state index in [9.17, 15) is 38.3 Å². The molecule has 0 bridgehead atoms. The molecule has 1 fully saturated rings. The number of carbonyl (C=O) groups is 4. The van der Waals surface area contributed by atoms with Gasteiger partial charge in [0.05, 0.1) is 24.4 Å². The largest absolute Gasteiger partial charge is 0.480 e. The number of alkyl halides is 1. The Kier molecular flexibility index (Phi) is 14.1. The Balaban J connectivity index is 2.27. The number of carbonyl (C=O) groups excluding carboxylic acids is 4. The number of phosphoric acid groups is 1. The molecule has 1 saturated heterocycles. The summed E-state index contributed by atoms with van der Waals surface area (Å²) in [6.07, 6.45) is -1.46. The van der Waals surface area contributed by atoms with E-state index in [0.717, 1.165) is 22.8 Å². The molecule has 1 unspecified atom stereocenters. The standard InChI is InChI=1S/C29H46FN2O14P/c1-17(2)20(7)25(36)40-14-32-21(8)31(11-10-22(32)33)27-28(9,38)26(37)29(12-30,46-27)13-43-47(39,44-15-41-23(34)18(3)4)45-16-42-24(35)19(5)6/h10-11,17-20,26-27,37-38H,8,12-16H2,1-7,9H3/t20?,26-,27+,28+,29+/m0/s1. The van der Waals surface area contributed by atoms with Gasteiger partial charge in [-0.1, -0.05) is 55.0 Å². The highest BCUT2D eigenvalue weighted by atomic mass is 31.2. The summed E-state index contributed by atoms with van der Waals surface area (Å²) in [5.41, 5.74) is -4.71. The zero-order chi connectivity index (χ0) is 35.9. The van der Waals surface area contributed by atoms with Crippen molar-refractivity contribution >= 4 is 31.6 Å². The second kappa shape index (κ2) is 16.5. The summed E-state index contributed by atoms with van der Waals surface area (Å²) >= 11 is 0. The number of hydrogen-bond acceptors (Lipinski definition) is 15. The molecule has 5 atom stereocenters. The van der Waals surface area contributed by atoms with Gasteiger partial charge in [-0.25, -0.2) is 18.0 Å². The highest BCUT2D eigenvalue weighted by molar-refractivity contribution is 7.48. The van der Waals surface area contributed by atoms with Gasteiger partial charge in [0.2, 0.25) is 13.6 Å². The molecule has 2 aliphatic rings. The van der Waals surface area contributed by atoms with Crippen molar-refractivity contribution in [3.8, 4) is 0 Å². The summed E-state index contributed by atoms with van der Waals surface area (Å²) in [5, 5.41) is 22.5. The number of amides is 1. The fourth-order valence-electron chi connectivity index (χ4n) is 4.07. The first-order valence-electron chi connectivity index (χ1n) is 14.9. The maximum Gasteiger partial charge on any atom is 0.480 e. The average Bonchev–Trinajstić information content (AvgIpc) is 3.20. The molecule has 0 aromatic heterocycles. The zero-order valence-corrected chi connectivity index (χ0v) is 28.8. The van der Waals surface area contributed by atoms with Crippen molar-refractivity contribution in [1.82, 2.24) is 9.80 Å². The highest BCUT2D eigenvalue weighted by Crippen LogP contribution is 2.52. The minimum atomic E-state index is -4.83. The molecule has 18 heteroatoms. The number of nitrogens with zero attached hydrogens (tertiary/aromatic N) is 2. The molecule has 1 amide bonds. The number of ether oxygens (including phenoxy) is 4. The van der Waals surface area contributed by atoms with E-state index in [0.29, 0.717) is 0 Å². The molecule has 0 aliphatic carbocycles. The van der Waals surface area contributed by atoms with Gasteiger partial charge in [-0.05, 0) is 12.8 Å². The molecule has 0 saturated carbocycles. The Morgan fingerprint density at radius 3 is 2.00 bits per heavy atom. The van der Waals surface area contributed by atoms with Crippen LogP contribution in [0.1, 0.15) is 55.4 Å². The van der Waals surface area contributed by atoms with Crippen molar-refractivity contribution in [2.24, 2.45) is 23.7 Å². The van der Waals surface area contributed by atoms with Gasteiger partial charge in [0.1, 0.15) is 24.2 Å². The molecule has 0 aromatic carbocycles. The predicted molar refractivity (Wildman–Crippen MR) is 159 cm³/mol. The van der Waals surface area contributed by atoms with Crippen LogP contribution in [0.4, 0.5) is 4.39 Å². The first-order valence-corrected chi connectivity index (χ1v) is 16.3. The summed E-state index contributed by atoms with van der Waals surface area (Å²) in [4.78, 5) is 50.8. The topological polar surface area (TPSA) is 197 Å². The van der Waals surface area contributed by atoms with E-state index in [-0.39, 0.29) is 11.7 Å². The molecule has 268 valence electrons. The summed E-state index contributed by atoms with van der Waals surface area (Å²) in [5.74, 6) is -4.41. The molecule has 0 radical (unpaired) electrons. The third kappa shape index (κ3) is 9.81. The van der Waals surface area contributed by atoms with Crippen molar-refractivity contribution in [2.75, 3.05) is 33.6 Å². The van der Waals surface area contributed by atoms with E-state index in [1.54, 1.807) is 6.92 Å². The lowest BCUT2D eigenvalue weighted by Gasteiger charge is -2.40. The van der Waals surface area contributed by atoms with Crippen LogP contribution in [0.5, 0.6) is 0 Å². The predicted octanol–water partition coefficient (Wildman–Crippen LogP) is 2.56.